The summed E-state index contributed by atoms with van der Waals surface area (Å²) in [5.74, 6) is 0. The molecular formula is C92H186N2O34Si7. The zero-order chi connectivity index (χ0) is 102. The molecule has 796 valence electrons. The highest BCUT2D eigenvalue weighted by atomic mass is 28.4. The Hall–Kier alpha value is 0.0782. The molecule has 0 aliphatic carbocycles. The Kier molecular flexibility index (Phi) is 41.4. The molecule has 0 spiro atoms. The van der Waals surface area contributed by atoms with Gasteiger partial charge < -0.3 is 173 Å². The van der Waals surface area contributed by atoms with Crippen molar-refractivity contribution in [3.63, 3.8) is 0 Å². The third-order valence-corrected chi connectivity index (χ3v) is 64.0. The summed E-state index contributed by atoms with van der Waals surface area (Å²) in [5.41, 5.74) is 6.41. The number of ether oxygens (including phenoxy) is 20. The van der Waals surface area contributed by atoms with Gasteiger partial charge in [-0.25, -0.2) is 0 Å². The number of nitrogens with two attached hydrogens (primary N) is 1. The number of rotatable bonds is 30. The standard InChI is InChI=1S/C92H186N2O34Si7/c1-86(2,3)129(28,29)108-44-51-66-58(94-43-42-93)59(95)79(115-51)123-67-52(45-109-130(30,31)87(4,5)6)117-81(74(103-23)60(67)96)125-69-54(47-111-132(34,35)89(10,11)12)119-83(76(105-25)62(69)98)127-71-56(49-113-134(38,39)91(16,17)18)121-85(78(107-27)64(71)100)128-72-57(50-114-135(40,41)92(19,20)21)120-84(77(106-26)65(72)101)126-70-55(48-112-133(36,37)90(13,14)15)118-82(75(104-24)63(70)99)124-68-53(46-110-131(32,33)88(7,8)9)116-80(122-66)73(102-22)61(68)97/h51-85,94-101H,42-50,93H2,1-41H3/t51-,52-,53+,54-,55+,56-,57+,58+,59+,60-,61+,62-,63+,64+,65+,66-,67-,68-,69-,70-,71-,72-,73-,74-,75-,76+,77-,78-,79-,80-,81-,82-,83-,84-,85-/m1/s1. The topological polar surface area (TPSA) is 429 Å². The Morgan fingerprint density at radius 3 is 0.511 bits per heavy atom. The first-order chi connectivity index (χ1) is 61.7. The van der Waals surface area contributed by atoms with E-state index in [9.17, 15) is 35.7 Å². The minimum atomic E-state index is -2.76. The molecule has 15 aliphatic rings. The fourth-order valence-electron chi connectivity index (χ4n) is 15.8. The van der Waals surface area contributed by atoms with E-state index < -0.39 is 273 Å². The summed E-state index contributed by atoms with van der Waals surface area (Å²) in [7, 11) is -11.0. The highest BCUT2D eigenvalue weighted by Gasteiger charge is 2.64. The highest BCUT2D eigenvalue weighted by molar-refractivity contribution is 6.76. The molecule has 0 unspecified atom stereocenters. The van der Waals surface area contributed by atoms with E-state index in [-0.39, 0.29) is 94.6 Å². The van der Waals surface area contributed by atoms with Crippen molar-refractivity contribution in [2.75, 3.05) is 102 Å². The Morgan fingerprint density at radius 2 is 0.363 bits per heavy atom. The number of hydrogen-bond acceptors (Lipinski definition) is 36. The first kappa shape index (κ1) is 120. The van der Waals surface area contributed by atoms with Crippen molar-refractivity contribution in [3.05, 3.63) is 0 Å². The summed E-state index contributed by atoms with van der Waals surface area (Å²) in [4.78, 5) is 0. The maximum absolute atomic E-state index is 13.5. The van der Waals surface area contributed by atoms with Crippen LogP contribution in [0.1, 0.15) is 145 Å². The van der Waals surface area contributed by atoms with Crippen molar-refractivity contribution in [2.45, 2.75) is 487 Å². The van der Waals surface area contributed by atoms with Crippen LogP contribution in [0.4, 0.5) is 0 Å². The van der Waals surface area contributed by atoms with Crippen LogP contribution in [0.25, 0.3) is 0 Å². The fourth-order valence-corrected chi connectivity index (χ4v) is 22.9. The Bertz CT molecular complexity index is 3550. The van der Waals surface area contributed by atoms with Crippen LogP contribution in [0.2, 0.25) is 127 Å². The predicted molar refractivity (Wildman–Crippen MR) is 524 cm³/mol. The van der Waals surface area contributed by atoms with E-state index in [4.69, 9.17) is 131 Å². The number of aliphatic hydroxyl groups is 7. The normalized spacial score (nSPS) is 38.6. The number of hydrogen-bond donors (Lipinski definition) is 9. The SMILES string of the molecule is CO[C@@H]1[C@H]2O[C@H]3[C@H](O)[C@@H](OC)[C@@H](O[C@H]4[C@H](O)[C@@H](OC)[C@@H](O[C@H]5[C@H](O)[C@@H](OC)[C@@H](O[C@H]6[C@H](O)[C@@H](OC)[C@@H](O[C@H]7[C@@H](NCCN)[C@H](O)[C@@H](O[C@H]8[C@@H](O)[C@@H](OC)[C@@H](O[C@@H]([C@H]1O)[C@@H](CO[Si](C)(C)C(C)(C)C)O2)O[C@@H]8CO[Si](C)(C)C(C)(C)C)O[C@@H]7CO[Si](C)(C)C(C)(C)C)O[C@H]6CO[Si](C)(C)C(C)(C)C)O[C@H]5CO[Si](C)(C)C(C)(C)C)O[C@H]4CO[Si](C)(C)C(C)(C)C)O[C@@H]3CO[Si](C)(C)C(C)(C)C. The Morgan fingerprint density at radius 1 is 0.222 bits per heavy atom. The van der Waals surface area contributed by atoms with E-state index in [0.717, 1.165) is 0 Å². The molecule has 15 heterocycles. The quantitative estimate of drug-likeness (QED) is 0.0302. The molecule has 43 heteroatoms. The van der Waals surface area contributed by atoms with Crippen molar-refractivity contribution in [1.82, 2.24) is 5.32 Å². The second kappa shape index (κ2) is 46.5. The van der Waals surface area contributed by atoms with Crippen LogP contribution < -0.4 is 11.1 Å². The van der Waals surface area contributed by atoms with E-state index in [2.05, 4.69) is 242 Å². The zero-order valence-electron chi connectivity index (χ0n) is 89.8. The number of fused-ring (bicyclic) bond motifs is 7. The van der Waals surface area contributed by atoms with Crippen LogP contribution in [0.3, 0.4) is 0 Å². The molecule has 36 nitrogen and oxygen atoms in total. The molecule has 135 heavy (non-hydrogen) atoms. The van der Waals surface area contributed by atoms with E-state index in [1.807, 2.05) is 0 Å². The molecule has 0 aromatic carbocycles. The maximum Gasteiger partial charge on any atom is 0.192 e. The average molecular weight is 2060 g/mol. The molecule has 0 amide bonds. The van der Waals surface area contributed by atoms with E-state index >= 15 is 0 Å². The molecule has 15 aliphatic heterocycles. The van der Waals surface area contributed by atoms with Gasteiger partial charge in [0.25, 0.3) is 0 Å². The molecule has 0 saturated carbocycles. The molecule has 15 rings (SSSR count). The van der Waals surface area contributed by atoms with Gasteiger partial charge in [-0.3, -0.25) is 0 Å². The summed E-state index contributed by atoms with van der Waals surface area (Å²) < 4.78 is 188. The number of aliphatic hydroxyl groups excluding tert-OH is 7. The summed E-state index contributed by atoms with van der Waals surface area (Å²) in [6.07, 6.45) is -50.3. The maximum atomic E-state index is 13.5. The van der Waals surface area contributed by atoms with Crippen LogP contribution in [-0.4, -0.2) is 411 Å². The summed E-state index contributed by atoms with van der Waals surface area (Å²) in [6, 6.07) is -1.19. The van der Waals surface area contributed by atoms with Gasteiger partial charge in [0, 0.05) is 55.7 Å². The smallest absolute Gasteiger partial charge is 0.192 e. The molecule has 35 atom stereocenters. The lowest BCUT2D eigenvalue weighted by molar-refractivity contribution is -0.399. The van der Waals surface area contributed by atoms with Gasteiger partial charge >= 0.3 is 0 Å². The first-order valence-electron chi connectivity index (χ1n) is 48.7. The van der Waals surface area contributed by atoms with Gasteiger partial charge in [0.1, 0.15) is 165 Å². The predicted octanol–water partition coefficient (Wildman–Crippen LogP) is 9.46. The van der Waals surface area contributed by atoms with Gasteiger partial charge in [-0.05, 0) is 127 Å². The van der Waals surface area contributed by atoms with Gasteiger partial charge in [0.15, 0.2) is 102 Å². The third-order valence-electron chi connectivity index (χ3n) is 32.5. The summed E-state index contributed by atoms with van der Waals surface area (Å²) in [5, 5.41) is 95.1. The molecular weight excluding hydrogens is 1870 g/mol. The van der Waals surface area contributed by atoms with E-state index in [1.54, 1.807) is 0 Å². The van der Waals surface area contributed by atoms with Crippen LogP contribution in [-0.2, 0) is 126 Å². The van der Waals surface area contributed by atoms with Crippen LogP contribution in [0, 0.1) is 0 Å². The first-order valence-corrected chi connectivity index (χ1v) is 69.1. The van der Waals surface area contributed by atoms with E-state index in [1.165, 1.54) is 42.7 Å². The van der Waals surface area contributed by atoms with Gasteiger partial charge in [-0.2, -0.15) is 0 Å². The van der Waals surface area contributed by atoms with Crippen molar-refractivity contribution in [1.29, 1.82) is 0 Å². The molecule has 14 bridgehead atoms. The lowest BCUT2D eigenvalue weighted by Crippen LogP contribution is -2.70. The van der Waals surface area contributed by atoms with Crippen molar-refractivity contribution < 1.29 is 161 Å². The fraction of sp³-hybridized carbons (Fsp3) is 1.00. The van der Waals surface area contributed by atoms with Crippen molar-refractivity contribution in [3.8, 4) is 0 Å². The number of nitrogens with one attached hydrogen (secondary N) is 1. The largest absolute Gasteiger partial charge is 0.414 e. The zero-order valence-corrected chi connectivity index (χ0v) is 96.8. The molecule has 0 radical (unpaired) electrons. The third kappa shape index (κ3) is 28.0. The van der Waals surface area contributed by atoms with Crippen LogP contribution in [0.15, 0.2) is 0 Å². The van der Waals surface area contributed by atoms with E-state index in [0.29, 0.717) is 0 Å². The van der Waals surface area contributed by atoms with Crippen LogP contribution >= 0.6 is 0 Å². The molecule has 0 aromatic heterocycles. The average Bonchev–Trinajstić information content (AvgIpc) is 0.832. The second-order valence-electron chi connectivity index (χ2n) is 48.9. The minimum Gasteiger partial charge on any atom is -0.414 e. The molecule has 10 N–H and O–H groups in total. The number of methoxy groups -OCH3 is 6. The Balaban J connectivity index is 1.39. The van der Waals surface area contributed by atoms with Gasteiger partial charge in [-0.15, -0.1) is 0 Å². The van der Waals surface area contributed by atoms with Gasteiger partial charge in [-0.1, -0.05) is 145 Å². The molecule has 15 fully saturated rings. The summed E-state index contributed by atoms with van der Waals surface area (Å²) >= 11 is 0. The second-order valence-corrected chi connectivity index (χ2v) is 82.6. The lowest BCUT2D eigenvalue weighted by Gasteiger charge is -2.52. The minimum absolute atomic E-state index is 0.0762. The van der Waals surface area contributed by atoms with Gasteiger partial charge in [0.2, 0.25) is 0 Å². The monoisotopic (exact) mass is 2060 g/mol. The van der Waals surface area contributed by atoms with Gasteiger partial charge in [0.05, 0.1) is 52.3 Å². The Labute approximate surface area is 815 Å². The summed E-state index contributed by atoms with van der Waals surface area (Å²) in [6.45, 7) is 71.8. The lowest BCUT2D eigenvalue weighted by atomic mass is 9.93. The highest BCUT2D eigenvalue weighted by Crippen LogP contribution is 2.49. The molecule has 15 saturated heterocycles. The molecule has 0 aromatic rings. The van der Waals surface area contributed by atoms with Crippen molar-refractivity contribution >= 4 is 58.2 Å². The van der Waals surface area contributed by atoms with Crippen molar-refractivity contribution in [2.24, 2.45) is 5.73 Å². The van der Waals surface area contributed by atoms with Crippen LogP contribution in [0.5, 0.6) is 0 Å².